The third kappa shape index (κ3) is 10.7. The van der Waals surface area contributed by atoms with E-state index < -0.39 is 31.0 Å². The van der Waals surface area contributed by atoms with E-state index in [0.717, 1.165) is 12.8 Å². The van der Waals surface area contributed by atoms with Gasteiger partial charge < -0.3 is 24.8 Å². The summed E-state index contributed by atoms with van der Waals surface area (Å²) in [6.45, 7) is 1.99. The molecule has 1 fully saturated rings. The molecule has 0 aromatic carbocycles. The van der Waals surface area contributed by atoms with Crippen molar-refractivity contribution in [2.45, 2.75) is 115 Å². The zero-order chi connectivity index (χ0) is 19.9. The lowest BCUT2D eigenvalue weighted by molar-refractivity contribution is -0.0679. The first-order valence-corrected chi connectivity index (χ1v) is 11.3. The SMILES string of the molecule is CCCCCCCCCCCCCCC(=S)O[C@@H]1CO[C@@H]([C@@H](O)CO)[C@H]1O. The molecule has 160 valence electrons. The Morgan fingerprint density at radius 3 is 2.04 bits per heavy atom. The van der Waals surface area contributed by atoms with Crippen molar-refractivity contribution in [1.82, 2.24) is 0 Å². The predicted molar refractivity (Wildman–Crippen MR) is 112 cm³/mol. The van der Waals surface area contributed by atoms with Crippen LogP contribution in [-0.2, 0) is 9.47 Å². The molecule has 0 unspecified atom stereocenters. The summed E-state index contributed by atoms with van der Waals surface area (Å²) in [5, 5.41) is 29.1. The van der Waals surface area contributed by atoms with Gasteiger partial charge >= 0.3 is 0 Å². The van der Waals surface area contributed by atoms with Crippen LogP contribution in [-0.4, -0.2) is 58.0 Å². The zero-order valence-corrected chi connectivity index (χ0v) is 17.8. The van der Waals surface area contributed by atoms with Crippen LogP contribution in [0.3, 0.4) is 0 Å². The second-order valence-electron chi connectivity index (χ2n) is 7.71. The lowest BCUT2D eigenvalue weighted by Crippen LogP contribution is -2.41. The van der Waals surface area contributed by atoms with E-state index in [-0.39, 0.29) is 6.61 Å². The van der Waals surface area contributed by atoms with Crippen molar-refractivity contribution < 1.29 is 24.8 Å². The van der Waals surface area contributed by atoms with E-state index in [9.17, 15) is 10.2 Å². The zero-order valence-electron chi connectivity index (χ0n) is 17.0. The molecule has 0 amide bonds. The maximum atomic E-state index is 10.1. The number of aliphatic hydroxyl groups excluding tert-OH is 3. The first-order chi connectivity index (χ1) is 13.1. The number of rotatable bonds is 16. The van der Waals surface area contributed by atoms with Crippen molar-refractivity contribution in [3.63, 3.8) is 0 Å². The first kappa shape index (κ1) is 24.8. The van der Waals surface area contributed by atoms with Crippen molar-refractivity contribution in [3.05, 3.63) is 0 Å². The molecule has 0 spiro atoms. The van der Waals surface area contributed by atoms with Crippen LogP contribution in [0.25, 0.3) is 0 Å². The van der Waals surface area contributed by atoms with E-state index in [1.54, 1.807) is 0 Å². The number of unbranched alkanes of at least 4 members (excludes halogenated alkanes) is 11. The van der Waals surface area contributed by atoms with Crippen LogP contribution in [0.15, 0.2) is 0 Å². The Hall–Kier alpha value is -0.270. The van der Waals surface area contributed by atoms with Crippen molar-refractivity contribution >= 4 is 17.3 Å². The quantitative estimate of drug-likeness (QED) is 0.267. The minimum absolute atomic E-state index is 0.182. The number of hydrogen-bond donors (Lipinski definition) is 3. The van der Waals surface area contributed by atoms with Gasteiger partial charge in [0.1, 0.15) is 18.3 Å². The van der Waals surface area contributed by atoms with Gasteiger partial charge in [0.2, 0.25) is 0 Å². The van der Waals surface area contributed by atoms with Crippen LogP contribution >= 0.6 is 12.2 Å². The average molecular weight is 405 g/mol. The second-order valence-corrected chi connectivity index (χ2v) is 8.16. The van der Waals surface area contributed by atoms with E-state index in [4.69, 9.17) is 26.8 Å². The van der Waals surface area contributed by atoms with E-state index in [1.807, 2.05) is 0 Å². The van der Waals surface area contributed by atoms with Gasteiger partial charge in [-0.15, -0.1) is 0 Å². The largest absolute Gasteiger partial charge is 0.479 e. The third-order valence-corrected chi connectivity index (χ3v) is 5.55. The smallest absolute Gasteiger partial charge is 0.160 e. The van der Waals surface area contributed by atoms with Crippen LogP contribution in [0.4, 0.5) is 0 Å². The number of aliphatic hydroxyl groups is 3. The van der Waals surface area contributed by atoms with Gasteiger partial charge in [-0.05, 0) is 18.6 Å². The Morgan fingerprint density at radius 1 is 1.00 bits per heavy atom. The van der Waals surface area contributed by atoms with Crippen molar-refractivity contribution in [1.29, 1.82) is 0 Å². The van der Waals surface area contributed by atoms with Crippen LogP contribution in [0.2, 0.25) is 0 Å². The molecule has 5 nitrogen and oxygen atoms in total. The fraction of sp³-hybridized carbons (Fsp3) is 0.952. The van der Waals surface area contributed by atoms with Gasteiger partial charge in [-0.25, -0.2) is 0 Å². The number of ether oxygens (including phenoxy) is 2. The summed E-state index contributed by atoms with van der Waals surface area (Å²) in [5.41, 5.74) is 0. The molecule has 0 radical (unpaired) electrons. The number of thiocarbonyl (C=S) groups is 1. The molecular weight excluding hydrogens is 364 g/mol. The Bertz CT molecular complexity index is 380. The Balaban J connectivity index is 1.95. The maximum Gasteiger partial charge on any atom is 0.160 e. The van der Waals surface area contributed by atoms with Crippen LogP contribution in [0.5, 0.6) is 0 Å². The highest BCUT2D eigenvalue weighted by molar-refractivity contribution is 7.80. The highest BCUT2D eigenvalue weighted by Gasteiger charge is 2.41. The summed E-state index contributed by atoms with van der Waals surface area (Å²) in [4.78, 5) is 0. The molecule has 27 heavy (non-hydrogen) atoms. The lowest BCUT2D eigenvalue weighted by Gasteiger charge is -2.21. The molecule has 1 heterocycles. The van der Waals surface area contributed by atoms with Gasteiger partial charge in [-0.3, -0.25) is 0 Å². The van der Waals surface area contributed by atoms with Crippen molar-refractivity contribution in [2.75, 3.05) is 13.2 Å². The molecule has 6 heteroatoms. The minimum Gasteiger partial charge on any atom is -0.479 e. The van der Waals surface area contributed by atoms with E-state index >= 15 is 0 Å². The molecule has 1 aliphatic rings. The maximum absolute atomic E-state index is 10.1. The fourth-order valence-corrected chi connectivity index (χ4v) is 3.77. The van der Waals surface area contributed by atoms with E-state index in [0.29, 0.717) is 11.5 Å². The molecule has 0 bridgehead atoms. The molecule has 4 atom stereocenters. The monoisotopic (exact) mass is 404 g/mol. The Kier molecular flexibility index (Phi) is 14.3. The van der Waals surface area contributed by atoms with Gasteiger partial charge in [0, 0.05) is 6.42 Å². The summed E-state index contributed by atoms with van der Waals surface area (Å²) < 4.78 is 10.9. The normalized spacial score (nSPS) is 23.5. The summed E-state index contributed by atoms with van der Waals surface area (Å²) in [6, 6.07) is 0. The Morgan fingerprint density at radius 2 is 1.52 bits per heavy atom. The Labute approximate surface area is 170 Å². The van der Waals surface area contributed by atoms with Crippen LogP contribution < -0.4 is 0 Å². The van der Waals surface area contributed by atoms with Crippen molar-refractivity contribution in [2.24, 2.45) is 0 Å². The lowest BCUT2D eigenvalue weighted by atomic mass is 10.0. The van der Waals surface area contributed by atoms with Gasteiger partial charge in [-0.1, -0.05) is 77.6 Å². The van der Waals surface area contributed by atoms with E-state index in [1.165, 1.54) is 64.2 Å². The second kappa shape index (κ2) is 15.6. The van der Waals surface area contributed by atoms with Gasteiger partial charge in [-0.2, -0.15) is 0 Å². The van der Waals surface area contributed by atoms with Crippen LogP contribution in [0.1, 0.15) is 90.4 Å². The molecule has 3 N–H and O–H groups in total. The molecule has 1 aliphatic heterocycles. The highest BCUT2D eigenvalue weighted by atomic mass is 32.1. The fourth-order valence-electron chi connectivity index (χ4n) is 3.50. The molecule has 1 rings (SSSR count). The molecular formula is C21H40O5S. The van der Waals surface area contributed by atoms with E-state index in [2.05, 4.69) is 6.92 Å². The number of hydrogen-bond acceptors (Lipinski definition) is 6. The first-order valence-electron chi connectivity index (χ1n) is 10.9. The summed E-state index contributed by atoms with van der Waals surface area (Å²) in [7, 11) is 0. The van der Waals surface area contributed by atoms with Gasteiger partial charge in [0.05, 0.1) is 13.2 Å². The standard InChI is InChI=1S/C21H40O5S/c1-2-3-4-5-6-7-8-9-10-11-12-13-14-19(27)26-18-16-25-21(20(18)24)17(23)15-22/h17-18,20-24H,2-16H2,1H3/t17-,18+,20-,21-/m0/s1. The third-order valence-electron chi connectivity index (χ3n) is 5.25. The molecule has 1 saturated heterocycles. The van der Waals surface area contributed by atoms with Gasteiger partial charge in [0.15, 0.2) is 11.2 Å². The molecule has 0 aromatic rings. The highest BCUT2D eigenvalue weighted by Crippen LogP contribution is 2.21. The molecule has 0 aromatic heterocycles. The molecule has 0 aliphatic carbocycles. The summed E-state index contributed by atoms with van der Waals surface area (Å²) in [5.74, 6) is 0. The van der Waals surface area contributed by atoms with Gasteiger partial charge in [0.25, 0.3) is 0 Å². The van der Waals surface area contributed by atoms with Crippen molar-refractivity contribution in [3.8, 4) is 0 Å². The predicted octanol–water partition coefficient (Wildman–Crippen LogP) is 3.90. The molecule has 0 saturated carbocycles. The summed E-state index contributed by atoms with van der Waals surface area (Å²) in [6.07, 6.45) is 12.9. The minimum atomic E-state index is -1.10. The topological polar surface area (TPSA) is 79.2 Å². The summed E-state index contributed by atoms with van der Waals surface area (Å²) >= 11 is 5.25. The van der Waals surface area contributed by atoms with Crippen LogP contribution in [0, 0.1) is 0 Å². The average Bonchev–Trinajstić information content (AvgIpc) is 3.02.